The number of para-hydroxylation sites is 1. The van der Waals surface area contributed by atoms with E-state index in [0.29, 0.717) is 5.69 Å². The summed E-state index contributed by atoms with van der Waals surface area (Å²) in [5, 5.41) is 33.9. The quantitative estimate of drug-likeness (QED) is 0.711. The summed E-state index contributed by atoms with van der Waals surface area (Å²) in [7, 11) is 0. The minimum atomic E-state index is -1.05. The maximum Gasteiger partial charge on any atom is 0.337 e. The predicted octanol–water partition coefficient (Wildman–Crippen LogP) is 1.18. The predicted molar refractivity (Wildman–Crippen MR) is 69.5 cm³/mol. The van der Waals surface area contributed by atoms with E-state index in [1.807, 2.05) is 6.07 Å². The molecule has 8 heteroatoms. The molecule has 0 radical (unpaired) electrons. The molecule has 0 saturated carbocycles. The lowest BCUT2D eigenvalue weighted by Gasteiger charge is -2.09. The lowest BCUT2D eigenvalue weighted by molar-refractivity contribution is 0.0698. The fourth-order valence-electron chi connectivity index (χ4n) is 1.60. The second-order valence-electron chi connectivity index (χ2n) is 3.85. The number of nitriles is 1. The van der Waals surface area contributed by atoms with Crippen LogP contribution in [0.25, 0.3) is 5.57 Å². The van der Waals surface area contributed by atoms with Crippen molar-refractivity contribution in [2.75, 3.05) is 5.32 Å². The number of H-pyrrole nitrogens is 1. The van der Waals surface area contributed by atoms with Gasteiger partial charge in [-0.3, -0.25) is 0 Å². The van der Waals surface area contributed by atoms with Crippen LogP contribution < -0.4 is 5.32 Å². The van der Waals surface area contributed by atoms with Crippen LogP contribution in [-0.4, -0.2) is 31.7 Å². The van der Waals surface area contributed by atoms with Gasteiger partial charge in [-0.2, -0.15) is 10.5 Å². The number of aromatic amines is 1. The van der Waals surface area contributed by atoms with Gasteiger partial charge >= 0.3 is 5.97 Å². The lowest BCUT2D eigenvalue weighted by atomic mass is 10.1. The smallest absolute Gasteiger partial charge is 0.337 e. The van der Waals surface area contributed by atoms with Crippen LogP contribution in [-0.2, 0) is 0 Å². The van der Waals surface area contributed by atoms with E-state index in [1.54, 1.807) is 19.1 Å². The summed E-state index contributed by atoms with van der Waals surface area (Å²) >= 11 is 0. The molecule has 1 heterocycles. The summed E-state index contributed by atoms with van der Waals surface area (Å²) in [5.41, 5.74) is 1.41. The number of benzene rings is 1. The summed E-state index contributed by atoms with van der Waals surface area (Å²) in [4.78, 5) is 11.2. The highest BCUT2D eigenvalue weighted by Crippen LogP contribution is 2.21. The zero-order valence-corrected chi connectivity index (χ0v) is 10.5. The molecule has 0 amide bonds. The van der Waals surface area contributed by atoms with E-state index in [0.717, 1.165) is 5.56 Å². The Kier molecular flexibility index (Phi) is 3.72. The first-order valence-corrected chi connectivity index (χ1v) is 5.57. The summed E-state index contributed by atoms with van der Waals surface area (Å²) in [6, 6.07) is 6.80. The van der Waals surface area contributed by atoms with Crippen LogP contribution in [0.4, 0.5) is 5.69 Å². The molecule has 0 saturated heterocycles. The van der Waals surface area contributed by atoms with Crippen molar-refractivity contribution in [2.24, 2.45) is 0 Å². The molecule has 0 fully saturated rings. The largest absolute Gasteiger partial charge is 0.478 e. The molecule has 0 aliphatic heterocycles. The zero-order valence-electron chi connectivity index (χ0n) is 10.5. The SMILES string of the molecule is Cc1cccc(C(=O)O)c1NC=C(C#N)c1nn[nH]n1. The van der Waals surface area contributed by atoms with Crippen molar-refractivity contribution < 1.29 is 9.90 Å². The molecule has 0 bridgehead atoms. The molecule has 0 aliphatic rings. The number of hydrogen-bond acceptors (Lipinski definition) is 6. The Hall–Kier alpha value is -3.21. The number of hydrogen-bond donors (Lipinski definition) is 3. The molecule has 0 aliphatic carbocycles. The number of tetrazole rings is 1. The second kappa shape index (κ2) is 5.62. The Bertz CT molecular complexity index is 699. The third-order valence-electron chi connectivity index (χ3n) is 2.57. The number of carboxylic acids is 1. The van der Waals surface area contributed by atoms with Gasteiger partial charge < -0.3 is 10.4 Å². The minimum Gasteiger partial charge on any atom is -0.478 e. The molecule has 1 aromatic carbocycles. The van der Waals surface area contributed by atoms with Gasteiger partial charge in [0.15, 0.2) is 0 Å². The Morgan fingerprint density at radius 1 is 1.55 bits per heavy atom. The lowest BCUT2D eigenvalue weighted by Crippen LogP contribution is -2.04. The van der Waals surface area contributed by atoms with E-state index >= 15 is 0 Å². The number of aromatic nitrogens is 4. The first kappa shape index (κ1) is 13.2. The molecule has 8 nitrogen and oxygen atoms in total. The van der Waals surface area contributed by atoms with Crippen LogP contribution in [0.2, 0.25) is 0 Å². The van der Waals surface area contributed by atoms with Crippen LogP contribution in [0.5, 0.6) is 0 Å². The number of allylic oxidation sites excluding steroid dienone is 1. The van der Waals surface area contributed by atoms with Gasteiger partial charge in [-0.15, -0.1) is 10.2 Å². The standard InChI is InChI=1S/C12H10N6O2/c1-7-3-2-4-9(12(19)20)10(7)14-6-8(5-13)11-15-17-18-16-11/h2-4,6,14H,1H3,(H,19,20)(H,15,16,17,18). The highest BCUT2D eigenvalue weighted by molar-refractivity contribution is 5.95. The van der Waals surface area contributed by atoms with Crippen LogP contribution in [0.1, 0.15) is 21.7 Å². The van der Waals surface area contributed by atoms with E-state index in [4.69, 9.17) is 10.4 Å². The Balaban J connectivity index is 2.36. The first-order chi connectivity index (χ1) is 9.63. The van der Waals surface area contributed by atoms with Crippen molar-refractivity contribution in [1.82, 2.24) is 20.6 Å². The average molecular weight is 270 g/mol. The summed E-state index contributed by atoms with van der Waals surface area (Å²) in [6.07, 6.45) is 1.35. The molecule has 20 heavy (non-hydrogen) atoms. The third-order valence-corrected chi connectivity index (χ3v) is 2.57. The number of nitrogens with one attached hydrogen (secondary N) is 2. The molecule has 2 rings (SSSR count). The van der Waals surface area contributed by atoms with Gasteiger partial charge in [0.1, 0.15) is 11.6 Å². The Morgan fingerprint density at radius 2 is 2.35 bits per heavy atom. The molecule has 0 atom stereocenters. The van der Waals surface area contributed by atoms with Crippen molar-refractivity contribution in [3.05, 3.63) is 41.4 Å². The van der Waals surface area contributed by atoms with E-state index in [2.05, 4.69) is 25.9 Å². The fraction of sp³-hybridized carbons (Fsp3) is 0.0833. The Labute approximate surface area is 113 Å². The zero-order chi connectivity index (χ0) is 14.5. The normalized spacial score (nSPS) is 10.9. The van der Waals surface area contributed by atoms with Crippen LogP contribution >= 0.6 is 0 Å². The van der Waals surface area contributed by atoms with Gasteiger partial charge in [-0.05, 0) is 23.8 Å². The molecule has 2 aromatic rings. The summed E-state index contributed by atoms with van der Waals surface area (Å²) in [5.74, 6) is -0.923. The van der Waals surface area contributed by atoms with Crippen molar-refractivity contribution in [3.63, 3.8) is 0 Å². The van der Waals surface area contributed by atoms with Gasteiger partial charge in [0.2, 0.25) is 5.82 Å². The first-order valence-electron chi connectivity index (χ1n) is 5.57. The number of aromatic carboxylic acids is 1. The fourth-order valence-corrected chi connectivity index (χ4v) is 1.60. The van der Waals surface area contributed by atoms with Crippen molar-refractivity contribution in [1.29, 1.82) is 5.26 Å². The number of carbonyl (C=O) groups is 1. The van der Waals surface area contributed by atoms with E-state index < -0.39 is 5.97 Å². The Morgan fingerprint density at radius 3 is 2.95 bits per heavy atom. The molecule has 0 unspecified atom stereocenters. The summed E-state index contributed by atoms with van der Waals surface area (Å²) < 4.78 is 0. The molecule has 3 N–H and O–H groups in total. The van der Waals surface area contributed by atoms with Gasteiger partial charge in [-0.25, -0.2) is 4.79 Å². The van der Waals surface area contributed by atoms with Crippen LogP contribution in [0.3, 0.4) is 0 Å². The van der Waals surface area contributed by atoms with E-state index in [1.165, 1.54) is 12.3 Å². The second-order valence-corrected chi connectivity index (χ2v) is 3.85. The summed E-state index contributed by atoms with van der Waals surface area (Å²) in [6.45, 7) is 1.77. The molecule has 100 valence electrons. The van der Waals surface area contributed by atoms with Crippen molar-refractivity contribution in [2.45, 2.75) is 6.92 Å². The monoisotopic (exact) mass is 270 g/mol. The third kappa shape index (κ3) is 2.62. The van der Waals surface area contributed by atoms with Gasteiger partial charge in [0.25, 0.3) is 0 Å². The number of aryl methyl sites for hydroxylation is 1. The number of anilines is 1. The van der Waals surface area contributed by atoms with E-state index in [9.17, 15) is 4.79 Å². The number of rotatable bonds is 4. The molecular weight excluding hydrogens is 260 g/mol. The minimum absolute atomic E-state index is 0.117. The van der Waals surface area contributed by atoms with Gasteiger partial charge in [0, 0.05) is 6.20 Å². The maximum absolute atomic E-state index is 11.2. The average Bonchev–Trinajstić information content (AvgIpc) is 2.94. The molecule has 1 aromatic heterocycles. The number of nitrogens with zero attached hydrogens (tertiary/aromatic N) is 4. The van der Waals surface area contributed by atoms with Crippen molar-refractivity contribution in [3.8, 4) is 6.07 Å². The van der Waals surface area contributed by atoms with E-state index in [-0.39, 0.29) is 17.0 Å². The highest BCUT2D eigenvalue weighted by Gasteiger charge is 2.12. The highest BCUT2D eigenvalue weighted by atomic mass is 16.4. The van der Waals surface area contributed by atoms with Gasteiger partial charge in [-0.1, -0.05) is 12.1 Å². The number of carboxylic acid groups (broad SMARTS) is 1. The van der Waals surface area contributed by atoms with Gasteiger partial charge in [0.05, 0.1) is 11.3 Å². The molecule has 0 spiro atoms. The topological polar surface area (TPSA) is 128 Å². The van der Waals surface area contributed by atoms with Crippen LogP contribution in [0, 0.1) is 18.3 Å². The maximum atomic E-state index is 11.2. The van der Waals surface area contributed by atoms with Crippen molar-refractivity contribution >= 4 is 17.2 Å². The van der Waals surface area contributed by atoms with Crippen LogP contribution in [0.15, 0.2) is 24.4 Å². The molecular formula is C12H10N6O2.